The number of nitrogens with one attached hydrogen (secondary N) is 1. The highest BCUT2D eigenvalue weighted by Gasteiger charge is 2.07. The molecule has 0 atom stereocenters. The third kappa shape index (κ3) is 2.68. The highest BCUT2D eigenvalue weighted by atomic mass is 15.1. The molecule has 0 saturated heterocycles. The summed E-state index contributed by atoms with van der Waals surface area (Å²) < 4.78 is 2.13. The average molecular weight is 350 g/mol. The Morgan fingerprint density at radius 3 is 2.59 bits per heavy atom. The van der Waals surface area contributed by atoms with Crippen molar-refractivity contribution in [1.82, 2.24) is 14.8 Å². The Morgan fingerprint density at radius 1 is 0.815 bits per heavy atom. The zero-order valence-electron chi connectivity index (χ0n) is 14.6. The minimum Gasteiger partial charge on any atom is -0.398 e. The van der Waals surface area contributed by atoms with Gasteiger partial charge in [-0.25, -0.2) is 0 Å². The smallest absolute Gasteiger partial charge is 0.0927 e. The van der Waals surface area contributed by atoms with Gasteiger partial charge in [0.1, 0.15) is 0 Å². The Kier molecular flexibility index (Phi) is 3.54. The van der Waals surface area contributed by atoms with Crippen LogP contribution in [0.3, 0.4) is 0 Å². The van der Waals surface area contributed by atoms with Gasteiger partial charge in [-0.3, -0.25) is 5.10 Å². The molecule has 0 radical (unpaired) electrons. The van der Waals surface area contributed by atoms with Gasteiger partial charge in [-0.15, -0.1) is 0 Å². The fourth-order valence-electron chi connectivity index (χ4n) is 3.47. The molecule has 0 aliphatic carbocycles. The van der Waals surface area contributed by atoms with Gasteiger partial charge in [0.15, 0.2) is 0 Å². The summed E-state index contributed by atoms with van der Waals surface area (Å²) in [6.07, 6.45) is 8.35. The molecule has 2 heterocycles. The van der Waals surface area contributed by atoms with E-state index >= 15 is 0 Å². The van der Waals surface area contributed by atoms with Gasteiger partial charge in [-0.1, -0.05) is 54.6 Å². The average Bonchev–Trinajstić information content (AvgIpc) is 3.32. The largest absolute Gasteiger partial charge is 0.398 e. The lowest BCUT2D eigenvalue weighted by atomic mass is 10.1. The molecule has 3 N–H and O–H groups in total. The summed E-state index contributed by atoms with van der Waals surface area (Å²) in [4.78, 5) is 0. The van der Waals surface area contributed by atoms with Crippen molar-refractivity contribution in [3.8, 4) is 5.69 Å². The molecule has 0 unspecified atom stereocenters. The van der Waals surface area contributed by atoms with Gasteiger partial charge in [0.05, 0.1) is 16.9 Å². The molecular formula is C23H18N4. The van der Waals surface area contributed by atoms with E-state index in [1.807, 2.05) is 42.5 Å². The van der Waals surface area contributed by atoms with Gasteiger partial charge in [0, 0.05) is 34.2 Å². The number of aromatic amines is 1. The Balaban J connectivity index is 1.59. The molecule has 4 heteroatoms. The number of para-hydroxylation sites is 2. The van der Waals surface area contributed by atoms with E-state index in [-0.39, 0.29) is 0 Å². The van der Waals surface area contributed by atoms with Crippen molar-refractivity contribution in [3.05, 3.63) is 90.4 Å². The second kappa shape index (κ2) is 6.18. The standard InChI is InChI=1S/C23H18N4/c24-20-9-5-7-17-14-27(15-19(17)20)23-11-4-1-6-16(23)12-13-22-18-8-2-3-10-21(18)25-26-22/h1-15H,24H2,(H,25,26). The molecule has 0 amide bonds. The van der Waals surface area contributed by atoms with E-state index in [2.05, 4.69) is 63.6 Å². The monoisotopic (exact) mass is 350 g/mol. The van der Waals surface area contributed by atoms with Crippen molar-refractivity contribution in [2.24, 2.45) is 0 Å². The second-order valence-electron chi connectivity index (χ2n) is 6.56. The number of fused-ring (bicyclic) bond motifs is 2. The first kappa shape index (κ1) is 15.5. The van der Waals surface area contributed by atoms with Gasteiger partial charge in [-0.2, -0.15) is 5.10 Å². The minimum absolute atomic E-state index is 0.794. The number of H-pyrrole nitrogens is 1. The first-order chi connectivity index (χ1) is 13.3. The van der Waals surface area contributed by atoms with Crippen molar-refractivity contribution in [2.75, 3.05) is 5.73 Å². The molecule has 130 valence electrons. The van der Waals surface area contributed by atoms with E-state index in [0.29, 0.717) is 0 Å². The maximum atomic E-state index is 6.12. The van der Waals surface area contributed by atoms with E-state index < -0.39 is 0 Å². The first-order valence-electron chi connectivity index (χ1n) is 8.86. The maximum Gasteiger partial charge on any atom is 0.0927 e. The summed E-state index contributed by atoms with van der Waals surface area (Å²) >= 11 is 0. The number of aromatic nitrogens is 3. The van der Waals surface area contributed by atoms with Gasteiger partial charge >= 0.3 is 0 Å². The van der Waals surface area contributed by atoms with Crippen LogP contribution >= 0.6 is 0 Å². The predicted octanol–water partition coefficient (Wildman–Crippen LogP) is 5.26. The molecule has 4 nitrogen and oxygen atoms in total. The number of nitrogens with two attached hydrogens (primary N) is 1. The molecule has 0 aliphatic heterocycles. The summed E-state index contributed by atoms with van der Waals surface area (Å²) in [5, 5.41) is 10.8. The molecule has 0 fully saturated rings. The van der Waals surface area contributed by atoms with Gasteiger partial charge in [0.25, 0.3) is 0 Å². The Bertz CT molecular complexity index is 1290. The van der Waals surface area contributed by atoms with Gasteiger partial charge in [-0.05, 0) is 29.8 Å². The lowest BCUT2D eigenvalue weighted by Crippen LogP contribution is -1.92. The second-order valence-corrected chi connectivity index (χ2v) is 6.56. The molecule has 0 spiro atoms. The summed E-state index contributed by atoms with van der Waals surface area (Å²) in [6.45, 7) is 0. The number of hydrogen-bond donors (Lipinski definition) is 2. The van der Waals surface area contributed by atoms with Crippen LogP contribution in [0.4, 0.5) is 5.69 Å². The number of nitrogen functional groups attached to an aromatic ring is 1. The van der Waals surface area contributed by atoms with E-state index in [9.17, 15) is 0 Å². The SMILES string of the molecule is Nc1cccc2cn(-c3ccccc3C=Cc3n[nH]c4ccccc34)cc12. The van der Waals surface area contributed by atoms with Crippen LogP contribution in [0, 0.1) is 0 Å². The van der Waals surface area contributed by atoms with Crippen molar-refractivity contribution in [1.29, 1.82) is 0 Å². The molecule has 0 bridgehead atoms. The zero-order chi connectivity index (χ0) is 18.2. The molecule has 0 aliphatic rings. The predicted molar refractivity (Wildman–Crippen MR) is 113 cm³/mol. The fourth-order valence-corrected chi connectivity index (χ4v) is 3.47. The third-order valence-electron chi connectivity index (χ3n) is 4.86. The lowest BCUT2D eigenvalue weighted by molar-refractivity contribution is 1.08. The number of rotatable bonds is 3. The van der Waals surface area contributed by atoms with E-state index in [4.69, 9.17) is 5.73 Å². The van der Waals surface area contributed by atoms with Crippen LogP contribution in [0.25, 0.3) is 39.5 Å². The molecule has 5 aromatic rings. The van der Waals surface area contributed by atoms with Crippen LogP contribution in [0.1, 0.15) is 11.3 Å². The quantitative estimate of drug-likeness (QED) is 0.436. The van der Waals surface area contributed by atoms with Crippen LogP contribution < -0.4 is 5.73 Å². The zero-order valence-corrected chi connectivity index (χ0v) is 14.6. The number of benzene rings is 3. The molecule has 27 heavy (non-hydrogen) atoms. The van der Waals surface area contributed by atoms with E-state index in [1.165, 1.54) is 0 Å². The Hall–Kier alpha value is -3.79. The highest BCUT2D eigenvalue weighted by molar-refractivity contribution is 5.94. The van der Waals surface area contributed by atoms with Crippen LogP contribution in [-0.2, 0) is 0 Å². The Morgan fingerprint density at radius 2 is 1.67 bits per heavy atom. The molecule has 0 saturated carbocycles. The van der Waals surface area contributed by atoms with Crippen LogP contribution in [-0.4, -0.2) is 14.8 Å². The van der Waals surface area contributed by atoms with Gasteiger partial charge in [0.2, 0.25) is 0 Å². The number of hydrogen-bond acceptors (Lipinski definition) is 2. The summed E-state index contributed by atoms with van der Waals surface area (Å²) in [6, 6.07) is 22.4. The maximum absolute atomic E-state index is 6.12. The normalized spacial score (nSPS) is 11.7. The first-order valence-corrected chi connectivity index (χ1v) is 8.86. The molecule has 3 aromatic carbocycles. The van der Waals surface area contributed by atoms with Crippen molar-refractivity contribution in [2.45, 2.75) is 0 Å². The van der Waals surface area contributed by atoms with Crippen molar-refractivity contribution in [3.63, 3.8) is 0 Å². The molecule has 5 rings (SSSR count). The molecule has 2 aromatic heterocycles. The number of nitrogens with zero attached hydrogens (tertiary/aromatic N) is 2. The lowest BCUT2D eigenvalue weighted by Gasteiger charge is -2.07. The van der Waals surface area contributed by atoms with Crippen LogP contribution in [0.15, 0.2) is 79.1 Å². The fraction of sp³-hybridized carbons (Fsp3) is 0. The van der Waals surface area contributed by atoms with Gasteiger partial charge < -0.3 is 10.3 Å². The van der Waals surface area contributed by atoms with Crippen molar-refractivity contribution < 1.29 is 0 Å². The third-order valence-corrected chi connectivity index (χ3v) is 4.86. The van der Waals surface area contributed by atoms with Crippen molar-refractivity contribution >= 4 is 39.5 Å². The van der Waals surface area contributed by atoms with Crippen LogP contribution in [0.2, 0.25) is 0 Å². The minimum atomic E-state index is 0.794. The summed E-state index contributed by atoms with van der Waals surface area (Å²) in [7, 11) is 0. The summed E-state index contributed by atoms with van der Waals surface area (Å²) in [5.74, 6) is 0. The number of anilines is 1. The van der Waals surface area contributed by atoms with E-state index in [0.717, 1.165) is 44.3 Å². The highest BCUT2D eigenvalue weighted by Crippen LogP contribution is 2.26. The topological polar surface area (TPSA) is 59.6 Å². The Labute approximate surface area is 156 Å². The van der Waals surface area contributed by atoms with Crippen LogP contribution in [0.5, 0.6) is 0 Å². The van der Waals surface area contributed by atoms with E-state index in [1.54, 1.807) is 0 Å². The molecular weight excluding hydrogens is 332 g/mol. The summed E-state index contributed by atoms with van der Waals surface area (Å²) in [5.41, 5.74) is 11.1.